The molecule has 1 aromatic rings. The minimum Gasteiger partial charge on any atom is -0.391 e. The van der Waals surface area contributed by atoms with Crippen molar-refractivity contribution in [2.45, 2.75) is 25.0 Å². The van der Waals surface area contributed by atoms with Gasteiger partial charge in [0.1, 0.15) is 0 Å². The summed E-state index contributed by atoms with van der Waals surface area (Å²) in [7, 11) is 0. The number of hydrogen-bond donors (Lipinski definition) is 2. The van der Waals surface area contributed by atoms with Gasteiger partial charge in [-0.3, -0.25) is 0 Å². The summed E-state index contributed by atoms with van der Waals surface area (Å²) in [6.07, 6.45) is 1.66. The number of hydrogen-bond acceptors (Lipinski definition) is 2. The number of nitrogens with two attached hydrogens (primary N) is 1. The van der Waals surface area contributed by atoms with Gasteiger partial charge < -0.3 is 10.8 Å². The van der Waals surface area contributed by atoms with Gasteiger partial charge in [-0.15, -0.1) is 12.4 Å². The van der Waals surface area contributed by atoms with Gasteiger partial charge in [-0.2, -0.15) is 0 Å². The Morgan fingerprint density at radius 2 is 1.88 bits per heavy atom. The van der Waals surface area contributed by atoms with Gasteiger partial charge in [-0.05, 0) is 36.5 Å². The summed E-state index contributed by atoms with van der Waals surface area (Å²) < 4.78 is 0. The fraction of sp³-hybridized carbons (Fsp3) is 0.455. The quantitative estimate of drug-likeness (QED) is 0.894. The zero-order valence-electron chi connectivity index (χ0n) is 8.57. The molecular weight excluding hydrogens is 268 g/mol. The van der Waals surface area contributed by atoms with E-state index in [1.165, 1.54) is 0 Å². The second kappa shape index (κ2) is 5.56. The number of aliphatic hydroxyl groups excluding tert-OH is 1. The molecule has 0 amide bonds. The van der Waals surface area contributed by atoms with E-state index in [9.17, 15) is 5.11 Å². The lowest BCUT2D eigenvalue weighted by atomic mass is 9.99. The minimum atomic E-state index is -0.470. The van der Waals surface area contributed by atoms with Crippen LogP contribution in [0.1, 0.15) is 24.4 Å². The van der Waals surface area contributed by atoms with E-state index in [1.807, 2.05) is 6.07 Å². The lowest BCUT2D eigenvalue weighted by molar-refractivity contribution is 0.122. The zero-order valence-corrected chi connectivity index (χ0v) is 10.9. The molecule has 2 rings (SSSR count). The van der Waals surface area contributed by atoms with Crippen LogP contribution in [0.4, 0.5) is 0 Å². The second-order valence-electron chi connectivity index (χ2n) is 4.03. The number of benzene rings is 1. The number of rotatable bonds is 3. The number of halogens is 3. The maximum atomic E-state index is 9.87. The Morgan fingerprint density at radius 3 is 2.38 bits per heavy atom. The summed E-state index contributed by atoms with van der Waals surface area (Å²) in [6.45, 7) is 0. The average molecular weight is 283 g/mol. The highest BCUT2D eigenvalue weighted by Gasteiger charge is 2.34. The van der Waals surface area contributed by atoms with Crippen molar-refractivity contribution >= 4 is 35.6 Å². The summed E-state index contributed by atoms with van der Waals surface area (Å²) in [5.74, 6) is 0.356. The van der Waals surface area contributed by atoms with Crippen LogP contribution in [-0.2, 0) is 0 Å². The lowest BCUT2D eigenvalue weighted by Crippen LogP contribution is -2.27. The molecule has 1 aromatic carbocycles. The molecule has 1 saturated carbocycles. The summed E-state index contributed by atoms with van der Waals surface area (Å²) in [4.78, 5) is 0. The maximum Gasteiger partial charge on any atom is 0.0760 e. The van der Waals surface area contributed by atoms with Crippen LogP contribution in [0.15, 0.2) is 18.2 Å². The lowest BCUT2D eigenvalue weighted by Gasteiger charge is -2.19. The molecule has 3 N–H and O–H groups in total. The first-order valence-corrected chi connectivity index (χ1v) is 5.74. The van der Waals surface area contributed by atoms with Gasteiger partial charge in [0.05, 0.1) is 22.2 Å². The van der Waals surface area contributed by atoms with E-state index < -0.39 is 6.10 Å². The van der Waals surface area contributed by atoms with Gasteiger partial charge in [0.2, 0.25) is 0 Å². The van der Waals surface area contributed by atoms with Crippen molar-refractivity contribution in [3.63, 3.8) is 0 Å². The van der Waals surface area contributed by atoms with Crippen molar-refractivity contribution in [3.8, 4) is 0 Å². The molecular formula is C11H14Cl3NO. The normalized spacial score (nSPS) is 18.8. The van der Waals surface area contributed by atoms with E-state index in [2.05, 4.69) is 0 Å². The molecule has 0 heterocycles. The molecule has 1 aliphatic carbocycles. The fourth-order valence-electron chi connectivity index (χ4n) is 1.65. The summed E-state index contributed by atoms with van der Waals surface area (Å²) in [5, 5.41) is 10.9. The SMILES string of the molecule is Cl.N[C@@H](c1ccc(Cl)c(Cl)c1)[C@H](O)C1CC1. The van der Waals surface area contributed by atoms with Crippen LogP contribution >= 0.6 is 35.6 Å². The third kappa shape index (κ3) is 3.02. The van der Waals surface area contributed by atoms with E-state index in [4.69, 9.17) is 28.9 Å². The molecule has 90 valence electrons. The van der Waals surface area contributed by atoms with E-state index in [-0.39, 0.29) is 18.4 Å². The smallest absolute Gasteiger partial charge is 0.0760 e. The van der Waals surface area contributed by atoms with Crippen LogP contribution in [-0.4, -0.2) is 11.2 Å². The van der Waals surface area contributed by atoms with Crippen molar-refractivity contribution in [2.75, 3.05) is 0 Å². The van der Waals surface area contributed by atoms with Crippen LogP contribution in [0.25, 0.3) is 0 Å². The molecule has 0 radical (unpaired) electrons. The van der Waals surface area contributed by atoms with Crippen LogP contribution in [0, 0.1) is 5.92 Å². The molecule has 2 atom stereocenters. The zero-order chi connectivity index (χ0) is 11.0. The van der Waals surface area contributed by atoms with Crippen LogP contribution < -0.4 is 5.73 Å². The van der Waals surface area contributed by atoms with Crippen molar-refractivity contribution in [1.29, 1.82) is 0 Å². The van der Waals surface area contributed by atoms with Crippen molar-refractivity contribution < 1.29 is 5.11 Å². The first-order valence-electron chi connectivity index (χ1n) is 4.98. The summed E-state index contributed by atoms with van der Waals surface area (Å²) in [6, 6.07) is 4.87. The molecule has 2 nitrogen and oxygen atoms in total. The van der Waals surface area contributed by atoms with Gasteiger partial charge in [0, 0.05) is 0 Å². The highest BCUT2D eigenvalue weighted by Crippen LogP contribution is 2.37. The standard InChI is InChI=1S/C11H13Cl2NO.ClH/c12-8-4-3-7(5-9(8)13)10(14)11(15)6-1-2-6;/h3-6,10-11,15H,1-2,14H2;1H/t10-,11+;/m0./s1. The maximum absolute atomic E-state index is 9.87. The van der Waals surface area contributed by atoms with Gasteiger partial charge in [0.15, 0.2) is 0 Å². The summed E-state index contributed by atoms with van der Waals surface area (Å²) in [5.41, 5.74) is 6.78. The van der Waals surface area contributed by atoms with E-state index in [0.29, 0.717) is 16.0 Å². The molecule has 5 heteroatoms. The van der Waals surface area contributed by atoms with E-state index in [1.54, 1.807) is 12.1 Å². The Kier molecular flexibility index (Phi) is 4.89. The third-order valence-electron chi connectivity index (χ3n) is 2.80. The molecule has 1 fully saturated rings. The predicted octanol–water partition coefficient (Wildman–Crippen LogP) is 3.19. The Labute approximate surface area is 111 Å². The van der Waals surface area contributed by atoms with E-state index in [0.717, 1.165) is 18.4 Å². The van der Waals surface area contributed by atoms with Crippen molar-refractivity contribution in [2.24, 2.45) is 11.7 Å². The van der Waals surface area contributed by atoms with Gasteiger partial charge in [-0.1, -0.05) is 29.3 Å². The Hall–Kier alpha value is 0.01000. The van der Waals surface area contributed by atoms with E-state index >= 15 is 0 Å². The molecule has 0 saturated heterocycles. The van der Waals surface area contributed by atoms with Gasteiger partial charge in [-0.25, -0.2) is 0 Å². The summed E-state index contributed by atoms with van der Waals surface area (Å²) >= 11 is 11.7. The molecule has 0 aliphatic heterocycles. The first kappa shape index (κ1) is 14.1. The monoisotopic (exact) mass is 281 g/mol. The first-order chi connectivity index (χ1) is 7.09. The van der Waals surface area contributed by atoms with Gasteiger partial charge >= 0.3 is 0 Å². The largest absolute Gasteiger partial charge is 0.391 e. The van der Waals surface area contributed by atoms with Crippen molar-refractivity contribution in [3.05, 3.63) is 33.8 Å². The minimum absolute atomic E-state index is 0. The third-order valence-corrected chi connectivity index (χ3v) is 3.54. The fourth-order valence-corrected chi connectivity index (χ4v) is 1.95. The van der Waals surface area contributed by atoms with Crippen LogP contribution in [0.3, 0.4) is 0 Å². The molecule has 16 heavy (non-hydrogen) atoms. The topological polar surface area (TPSA) is 46.2 Å². The molecule has 0 unspecified atom stereocenters. The molecule has 0 aromatic heterocycles. The Balaban J connectivity index is 0.00000128. The predicted molar refractivity (Wildman–Crippen MR) is 69.4 cm³/mol. The van der Waals surface area contributed by atoms with Crippen LogP contribution in [0.2, 0.25) is 10.0 Å². The molecule has 0 bridgehead atoms. The number of aliphatic hydroxyl groups is 1. The molecule has 1 aliphatic rings. The Morgan fingerprint density at radius 1 is 1.25 bits per heavy atom. The van der Waals surface area contributed by atoms with Crippen molar-refractivity contribution in [1.82, 2.24) is 0 Å². The Bertz CT molecular complexity index is 368. The highest BCUT2D eigenvalue weighted by atomic mass is 35.5. The van der Waals surface area contributed by atoms with Gasteiger partial charge in [0.25, 0.3) is 0 Å². The van der Waals surface area contributed by atoms with Crippen LogP contribution in [0.5, 0.6) is 0 Å². The second-order valence-corrected chi connectivity index (χ2v) is 4.84. The highest BCUT2D eigenvalue weighted by molar-refractivity contribution is 6.42. The average Bonchev–Trinajstić information content (AvgIpc) is 3.03. The molecule has 0 spiro atoms.